The van der Waals surface area contributed by atoms with Crippen LogP contribution in [0.4, 0.5) is 0 Å². The van der Waals surface area contributed by atoms with Crippen LogP contribution in [-0.4, -0.2) is 12.9 Å². The van der Waals surface area contributed by atoms with Crippen molar-refractivity contribution in [2.75, 3.05) is 7.11 Å². The average molecular weight is 337 g/mol. The number of allylic oxidation sites excluding steroid dienone is 1. The zero-order valence-corrected chi connectivity index (χ0v) is 17.2. The van der Waals surface area contributed by atoms with Crippen molar-refractivity contribution < 1.29 is 65.3 Å². The topological polar surface area (TPSA) is 56.5 Å². The molecule has 1 heterocycles. The molecule has 0 atom stereocenters. The molecule has 0 aliphatic heterocycles. The number of carbonyl (C=O) groups excluding carboxylic acids is 1. The molecule has 2 aromatic rings. The van der Waals surface area contributed by atoms with Gasteiger partial charge in [-0.1, -0.05) is 35.9 Å². The van der Waals surface area contributed by atoms with Crippen molar-refractivity contribution in [3.63, 3.8) is 0 Å². The van der Waals surface area contributed by atoms with Gasteiger partial charge in [0, 0.05) is 5.76 Å². The molecule has 0 saturated heterocycles. The molecule has 1 aromatic heterocycles. The van der Waals surface area contributed by atoms with Gasteiger partial charge in [-0.15, -0.1) is 0 Å². The predicted octanol–water partition coefficient (Wildman–Crippen LogP) is 0.416. The van der Waals surface area contributed by atoms with Crippen LogP contribution in [0.1, 0.15) is 27.2 Å². The molecule has 0 saturated carbocycles. The van der Waals surface area contributed by atoms with Gasteiger partial charge in [-0.05, 0) is 36.8 Å². The third kappa shape index (κ3) is 5.86. The molecule has 23 heavy (non-hydrogen) atoms. The molecular formula is C18H18KO4-. The number of ketones is 1. The summed E-state index contributed by atoms with van der Waals surface area (Å²) in [5, 5.41) is 0. The van der Waals surface area contributed by atoms with E-state index >= 15 is 0 Å². The number of methoxy groups -OCH3 is 1. The first kappa shape index (κ1) is 22.0. The van der Waals surface area contributed by atoms with Gasteiger partial charge in [-0.3, -0.25) is 4.79 Å². The normalized spacial score (nSPS) is 9.87. The Balaban J connectivity index is 0.00000242. The quantitative estimate of drug-likeness (QED) is 0.351. The van der Waals surface area contributed by atoms with Crippen molar-refractivity contribution >= 4 is 11.9 Å². The van der Waals surface area contributed by atoms with E-state index in [9.17, 15) is 9.59 Å². The van der Waals surface area contributed by atoms with Crippen LogP contribution in [0.15, 0.2) is 39.6 Å². The maximum Gasteiger partial charge on any atom is 1.00 e. The van der Waals surface area contributed by atoms with Gasteiger partial charge in [-0.25, -0.2) is 0 Å². The Bertz CT molecular complexity index is 760. The van der Waals surface area contributed by atoms with Crippen molar-refractivity contribution in [3.05, 3.63) is 76.7 Å². The Morgan fingerprint density at radius 1 is 1.30 bits per heavy atom. The van der Waals surface area contributed by atoms with Crippen molar-refractivity contribution in [2.24, 2.45) is 0 Å². The Morgan fingerprint density at radius 2 is 2.00 bits per heavy atom. The first-order valence-electron chi connectivity index (χ1n) is 6.41. The van der Waals surface area contributed by atoms with Gasteiger partial charge in [0.25, 0.3) is 5.63 Å². The molecule has 0 radical (unpaired) electrons. The van der Waals surface area contributed by atoms with E-state index < -0.39 is 11.4 Å². The molecule has 0 N–H and O–H groups in total. The van der Waals surface area contributed by atoms with Gasteiger partial charge < -0.3 is 21.4 Å². The minimum absolute atomic E-state index is 0. The fraction of sp³-hybridized carbons (Fsp3) is 0.167. The average Bonchev–Trinajstić information content (AvgIpc) is 2.44. The number of hydrogen-bond acceptors (Lipinski definition) is 4. The number of ether oxygens (including phenoxy) is 1. The summed E-state index contributed by atoms with van der Waals surface area (Å²) < 4.78 is 9.93. The first-order chi connectivity index (χ1) is 10.0. The third-order valence-electron chi connectivity index (χ3n) is 2.89. The number of carbonyl (C=O) groups is 1. The van der Waals surface area contributed by atoms with Crippen LogP contribution < -0.4 is 61.7 Å². The van der Waals surface area contributed by atoms with E-state index in [0.29, 0.717) is 0 Å². The van der Waals surface area contributed by atoms with E-state index in [4.69, 9.17) is 9.15 Å². The summed E-state index contributed by atoms with van der Waals surface area (Å²) in [5.74, 6) is -0.0999. The molecule has 116 valence electrons. The Kier molecular flexibility index (Phi) is 9.57. The molecule has 1 aromatic carbocycles. The van der Waals surface area contributed by atoms with Crippen molar-refractivity contribution in [1.29, 1.82) is 0 Å². The third-order valence-corrected chi connectivity index (χ3v) is 2.89. The second-order valence-electron chi connectivity index (χ2n) is 4.59. The van der Waals surface area contributed by atoms with Crippen LogP contribution in [0.3, 0.4) is 0 Å². The number of aryl methyl sites for hydroxylation is 2. The van der Waals surface area contributed by atoms with Crippen molar-refractivity contribution in [2.45, 2.75) is 13.8 Å². The number of hydrogen-bond donors (Lipinski definition) is 0. The molecule has 2 rings (SSSR count). The predicted molar refractivity (Wildman–Crippen MR) is 86.1 cm³/mol. The number of rotatable bonds is 4. The number of benzene rings is 1. The summed E-state index contributed by atoms with van der Waals surface area (Å²) in [4.78, 5) is 24.0. The zero-order chi connectivity index (χ0) is 15.4. The first-order valence-corrected chi connectivity index (χ1v) is 6.41. The largest absolute Gasteiger partial charge is 1.00 e. The maximum atomic E-state index is 12.2. The van der Waals surface area contributed by atoms with Crippen LogP contribution in [0.25, 0.3) is 6.08 Å². The monoisotopic (exact) mass is 337 g/mol. The Morgan fingerprint density at radius 3 is 2.61 bits per heavy atom. The van der Waals surface area contributed by atoms with Gasteiger partial charge in [0.15, 0.2) is 0 Å². The van der Waals surface area contributed by atoms with Crippen LogP contribution in [0.5, 0.6) is 5.75 Å². The zero-order valence-electron chi connectivity index (χ0n) is 14.1. The standard InChI is InChI=1S/C17H15O4.CH3.K/c1-11-5-4-6-13(9-11)7-8-14(18)16-15(20-3)10-12(2)21-17(16)19;;/h4-9H,1-3H3;1H3;/q2*-1;+1/b8-7+;;. The summed E-state index contributed by atoms with van der Waals surface area (Å²) in [6, 6.07) is 10.4. The molecule has 0 bridgehead atoms. The summed E-state index contributed by atoms with van der Waals surface area (Å²) in [5.41, 5.74) is 1.10. The second kappa shape index (κ2) is 10.0. The van der Waals surface area contributed by atoms with Crippen LogP contribution in [0.2, 0.25) is 0 Å². The summed E-state index contributed by atoms with van der Waals surface area (Å²) in [6.07, 6.45) is 2.97. The van der Waals surface area contributed by atoms with Gasteiger partial charge >= 0.3 is 51.4 Å². The summed E-state index contributed by atoms with van der Waals surface area (Å²) >= 11 is 0. The van der Waals surface area contributed by atoms with Crippen molar-refractivity contribution in [3.8, 4) is 5.75 Å². The van der Waals surface area contributed by atoms with Crippen LogP contribution in [-0.2, 0) is 0 Å². The molecule has 5 heteroatoms. The van der Waals surface area contributed by atoms with Crippen LogP contribution in [0, 0.1) is 27.3 Å². The van der Waals surface area contributed by atoms with Gasteiger partial charge in [-0.2, -0.15) is 6.07 Å². The minimum atomic E-state index is -0.720. The Hall–Kier alpha value is -0.984. The maximum absolute atomic E-state index is 12.2. The molecule has 0 aliphatic carbocycles. The molecule has 0 amide bonds. The molecular weight excluding hydrogens is 319 g/mol. The fourth-order valence-corrected chi connectivity index (χ4v) is 1.93. The summed E-state index contributed by atoms with van der Waals surface area (Å²) in [6.45, 7) is 3.53. The van der Waals surface area contributed by atoms with Gasteiger partial charge in [0.05, 0.1) is 7.11 Å². The fourth-order valence-electron chi connectivity index (χ4n) is 1.93. The smallest absolute Gasteiger partial charge is 0.534 e. The molecule has 0 spiro atoms. The molecule has 0 aliphatic rings. The molecule has 0 fully saturated rings. The van der Waals surface area contributed by atoms with Crippen LogP contribution >= 0.6 is 0 Å². The van der Waals surface area contributed by atoms with Gasteiger partial charge in [0.2, 0.25) is 0 Å². The van der Waals surface area contributed by atoms with E-state index in [1.54, 1.807) is 13.0 Å². The van der Waals surface area contributed by atoms with E-state index in [-0.39, 0.29) is 75.9 Å². The van der Waals surface area contributed by atoms with E-state index in [1.165, 1.54) is 13.2 Å². The van der Waals surface area contributed by atoms with Crippen molar-refractivity contribution in [1.82, 2.24) is 0 Å². The second-order valence-corrected chi connectivity index (χ2v) is 4.59. The van der Waals surface area contributed by atoms with E-state index in [0.717, 1.165) is 11.1 Å². The Labute approximate surface area is 179 Å². The molecule has 4 nitrogen and oxygen atoms in total. The minimum Gasteiger partial charge on any atom is -0.534 e. The SMILES string of the molecule is COc1[c-]c(C)oc(=O)c1C(=O)/C=C/c1cccc(C)c1.[CH3-].[K+]. The summed E-state index contributed by atoms with van der Waals surface area (Å²) in [7, 11) is 1.38. The molecule has 0 unspecified atom stereocenters. The van der Waals surface area contributed by atoms with E-state index in [1.807, 2.05) is 31.2 Å². The van der Waals surface area contributed by atoms with E-state index in [2.05, 4.69) is 6.07 Å². The van der Waals surface area contributed by atoms with Gasteiger partial charge in [0.1, 0.15) is 5.78 Å².